The van der Waals surface area contributed by atoms with Crippen molar-refractivity contribution in [3.8, 4) is 0 Å². The summed E-state index contributed by atoms with van der Waals surface area (Å²) in [4.78, 5) is 25.5. The van der Waals surface area contributed by atoms with E-state index in [9.17, 15) is 154 Å². The molecular weight excluding hydrogens is 1310 g/mol. The SMILES string of the molecule is CCOC(=O)/C=[C](/C(=O)OCC)[Sn]([CH2]CC(F)(F)C(F)(F)C(F)(F)C(F)(F)C(F)(F)C(F)(F)F)([CH2]CC(F)(F)C(F)(F)C(F)(F)C(F)(F)C(F)(F)C(F)(F)F)[CH2]CC(F)(F)C(F)(F)C(F)(F)C(F)(F)C(F)(F)C(F)(F)F. The Morgan fingerprint density at radius 3 is 0.697 bits per heavy atom. The van der Waals surface area contributed by atoms with E-state index in [4.69, 9.17) is 0 Å². The van der Waals surface area contributed by atoms with Crippen LogP contribution in [0.15, 0.2) is 9.67 Å². The summed E-state index contributed by atoms with van der Waals surface area (Å²) in [6.07, 6.45) is -38.8. The molecule has 0 bridgehead atoms. The second-order valence-electron chi connectivity index (χ2n) is 15.3. The predicted molar refractivity (Wildman–Crippen MR) is 168 cm³/mol. The zero-order valence-electron chi connectivity index (χ0n) is 35.6. The molecule has 0 aliphatic carbocycles. The molecular formula is C32H23F39O4Sn. The number of carbonyl (C=O) groups is 2. The molecule has 0 spiro atoms. The van der Waals surface area contributed by atoms with E-state index in [0.29, 0.717) is 13.8 Å². The molecule has 0 saturated carbocycles. The Bertz CT molecular complexity index is 1870. The average Bonchev–Trinajstić information content (AvgIpc) is 3.20. The first-order valence-corrected chi connectivity index (χ1v) is 26.1. The summed E-state index contributed by atoms with van der Waals surface area (Å²) in [6.45, 7) is -1.96. The molecule has 0 aromatic rings. The Hall–Kier alpha value is -3.25. The van der Waals surface area contributed by atoms with Crippen molar-refractivity contribution in [1.82, 2.24) is 0 Å². The Labute approximate surface area is 397 Å². The number of ether oxygens (including phenoxy) is 2. The number of hydrogen-bond donors (Lipinski definition) is 0. The summed E-state index contributed by atoms with van der Waals surface area (Å²) in [6, 6.07) is 0. The fraction of sp³-hybridized carbons (Fsp3) is 0.875. The van der Waals surface area contributed by atoms with Crippen molar-refractivity contribution in [3.63, 3.8) is 0 Å². The quantitative estimate of drug-likeness (QED) is 0.0375. The molecule has 44 heteroatoms. The van der Waals surface area contributed by atoms with Gasteiger partial charge in [-0.1, -0.05) is 0 Å². The van der Waals surface area contributed by atoms with E-state index in [-0.39, 0.29) is 0 Å². The number of esters is 2. The Balaban J connectivity index is 9.17. The third-order valence-corrected chi connectivity index (χ3v) is 25.0. The van der Waals surface area contributed by atoms with E-state index in [1.54, 1.807) is 0 Å². The van der Waals surface area contributed by atoms with Gasteiger partial charge in [-0.3, -0.25) is 0 Å². The van der Waals surface area contributed by atoms with Crippen molar-refractivity contribution in [3.05, 3.63) is 9.67 Å². The van der Waals surface area contributed by atoms with Crippen LogP contribution in [0.3, 0.4) is 0 Å². The van der Waals surface area contributed by atoms with Crippen LogP contribution in [0.4, 0.5) is 171 Å². The topological polar surface area (TPSA) is 52.6 Å². The Morgan fingerprint density at radius 2 is 0.513 bits per heavy atom. The third-order valence-electron chi connectivity index (χ3n) is 10.4. The van der Waals surface area contributed by atoms with Crippen LogP contribution in [0.1, 0.15) is 33.1 Å². The maximum absolute atomic E-state index is 15.2. The van der Waals surface area contributed by atoms with Gasteiger partial charge in [-0.05, 0) is 0 Å². The number of hydrogen-bond acceptors (Lipinski definition) is 4. The summed E-state index contributed by atoms with van der Waals surface area (Å²) in [5.41, 5.74) is 0. The fourth-order valence-electron chi connectivity index (χ4n) is 5.78. The van der Waals surface area contributed by atoms with Crippen molar-refractivity contribution < 1.29 is 190 Å². The molecule has 0 aromatic heterocycles. The van der Waals surface area contributed by atoms with Gasteiger partial charge < -0.3 is 0 Å². The van der Waals surface area contributed by atoms with Crippen LogP contribution in [0.25, 0.3) is 0 Å². The van der Waals surface area contributed by atoms with Gasteiger partial charge in [0.2, 0.25) is 0 Å². The van der Waals surface area contributed by atoms with Crippen LogP contribution in [0.5, 0.6) is 0 Å². The van der Waals surface area contributed by atoms with Gasteiger partial charge in [0.15, 0.2) is 0 Å². The van der Waals surface area contributed by atoms with Crippen LogP contribution in [-0.4, -0.2) is 151 Å². The van der Waals surface area contributed by atoms with Gasteiger partial charge in [0.1, 0.15) is 0 Å². The van der Waals surface area contributed by atoms with Gasteiger partial charge in [-0.15, -0.1) is 0 Å². The predicted octanol–water partition coefficient (Wildman–Crippen LogP) is 15.4. The van der Waals surface area contributed by atoms with Crippen molar-refractivity contribution >= 4 is 30.3 Å². The van der Waals surface area contributed by atoms with E-state index in [1.807, 2.05) is 0 Å². The van der Waals surface area contributed by atoms with Crippen molar-refractivity contribution in [2.75, 3.05) is 13.2 Å². The van der Waals surface area contributed by atoms with Gasteiger partial charge in [0.25, 0.3) is 0 Å². The van der Waals surface area contributed by atoms with Gasteiger partial charge in [-0.25, -0.2) is 0 Å². The first kappa shape index (κ1) is 72.7. The fourth-order valence-corrected chi connectivity index (χ4v) is 19.7. The minimum atomic E-state index is -9.05. The molecule has 0 heterocycles. The van der Waals surface area contributed by atoms with Gasteiger partial charge in [0, 0.05) is 0 Å². The standard InChI is InChI=1S/3C8H4F13.C8H11O4.Sn/c3*1-2-3(9,10)4(11,12)5(13,14)6(15,16)7(17,18)8(19,20)21;1-3-11-7(9)5-6-8(10)12-4-2;/h3*1-2H2;5H,3-4H2,1-2H3;. The van der Waals surface area contributed by atoms with Crippen LogP contribution in [0.2, 0.25) is 13.3 Å². The molecule has 76 heavy (non-hydrogen) atoms. The molecule has 0 unspecified atom stereocenters. The third kappa shape index (κ3) is 11.5. The van der Waals surface area contributed by atoms with Crippen molar-refractivity contribution in [1.29, 1.82) is 0 Å². The molecule has 0 aliphatic heterocycles. The van der Waals surface area contributed by atoms with E-state index in [2.05, 4.69) is 9.47 Å². The molecule has 0 fully saturated rings. The van der Waals surface area contributed by atoms with Gasteiger partial charge >= 0.3 is 397 Å². The summed E-state index contributed by atoms with van der Waals surface area (Å²) in [5, 5.41) is 0. The first-order valence-electron chi connectivity index (χ1n) is 18.6. The first-order chi connectivity index (χ1) is 32.7. The molecule has 452 valence electrons. The molecule has 4 nitrogen and oxygen atoms in total. The number of rotatable bonds is 26. The van der Waals surface area contributed by atoms with Crippen LogP contribution < -0.4 is 0 Å². The monoisotopic (exact) mass is 1330 g/mol. The molecule has 0 saturated heterocycles. The van der Waals surface area contributed by atoms with E-state index in [1.165, 1.54) is 0 Å². The second-order valence-corrected chi connectivity index (χ2v) is 28.4. The zero-order chi connectivity index (χ0) is 62.0. The molecule has 0 atom stereocenters. The zero-order valence-corrected chi connectivity index (χ0v) is 38.5. The van der Waals surface area contributed by atoms with Crippen LogP contribution in [-0.2, 0) is 19.1 Å². The summed E-state index contributed by atoms with van der Waals surface area (Å²) >= 11 is -9.05. The number of alkyl halides is 39. The molecule has 0 amide bonds. The molecule has 0 N–H and O–H groups in total. The molecule has 0 aromatic carbocycles. The minimum absolute atomic E-state index is 0.367. The maximum atomic E-state index is 15.2. The summed E-state index contributed by atoms with van der Waals surface area (Å²) in [5.74, 6) is -136. The molecule has 0 radical (unpaired) electrons. The van der Waals surface area contributed by atoms with E-state index < -0.39 is 193 Å². The summed E-state index contributed by atoms with van der Waals surface area (Å²) in [7, 11) is 0. The Morgan fingerprint density at radius 1 is 0.316 bits per heavy atom. The number of halogens is 39. The van der Waals surface area contributed by atoms with Crippen molar-refractivity contribution in [2.24, 2.45) is 0 Å². The number of carbonyl (C=O) groups excluding carboxylic acids is 2. The van der Waals surface area contributed by atoms with Crippen molar-refractivity contribution in [2.45, 2.75) is 154 Å². The van der Waals surface area contributed by atoms with Crippen LogP contribution in [0, 0.1) is 0 Å². The summed E-state index contributed by atoms with van der Waals surface area (Å²) < 4.78 is 539. The molecule has 0 rings (SSSR count). The van der Waals surface area contributed by atoms with Gasteiger partial charge in [-0.2, -0.15) is 0 Å². The van der Waals surface area contributed by atoms with E-state index in [0.717, 1.165) is 0 Å². The van der Waals surface area contributed by atoms with E-state index >= 15 is 26.3 Å². The molecule has 0 aliphatic rings. The van der Waals surface area contributed by atoms with Gasteiger partial charge in [0.05, 0.1) is 0 Å². The Kier molecular flexibility index (Phi) is 20.1. The normalized spacial score (nSPS) is 16.3. The second kappa shape index (κ2) is 21.0. The van der Waals surface area contributed by atoms with Crippen LogP contribution >= 0.6 is 0 Å². The average molecular weight is 1330 g/mol.